The van der Waals surface area contributed by atoms with Crippen molar-refractivity contribution in [3.8, 4) is 0 Å². The summed E-state index contributed by atoms with van der Waals surface area (Å²) < 4.78 is 41.2. The van der Waals surface area contributed by atoms with E-state index in [0.717, 1.165) is 48.5 Å². The number of sulfonamides is 1. The van der Waals surface area contributed by atoms with Gasteiger partial charge in [-0.3, -0.25) is 9.88 Å². The van der Waals surface area contributed by atoms with Gasteiger partial charge in [0.25, 0.3) is 0 Å². The number of hydrogen-bond donors (Lipinski definition) is 1. The van der Waals surface area contributed by atoms with Crippen molar-refractivity contribution >= 4 is 21.4 Å². The van der Waals surface area contributed by atoms with Gasteiger partial charge in [0.05, 0.1) is 5.25 Å². The van der Waals surface area contributed by atoms with Crippen molar-refractivity contribution in [2.45, 2.75) is 64.7 Å². The van der Waals surface area contributed by atoms with Crippen molar-refractivity contribution in [1.82, 2.24) is 14.6 Å². The lowest BCUT2D eigenvalue weighted by atomic mass is 9.82. The predicted molar refractivity (Wildman–Crippen MR) is 125 cm³/mol. The Labute approximate surface area is 190 Å². The number of likely N-dealkylation sites (tertiary alicyclic amines) is 1. The normalized spacial score (nSPS) is 20.6. The fraction of sp³-hybridized carbons (Fsp3) is 0.609. The fourth-order valence-electron chi connectivity index (χ4n) is 4.16. The Morgan fingerprint density at radius 3 is 2.61 bits per heavy atom. The number of nitrogens with zero attached hydrogens (tertiary/aromatic N) is 2. The van der Waals surface area contributed by atoms with E-state index in [-0.39, 0.29) is 16.1 Å². The van der Waals surface area contributed by atoms with Gasteiger partial charge in [0.2, 0.25) is 10.0 Å². The summed E-state index contributed by atoms with van der Waals surface area (Å²) in [5, 5.41) is -0.644. The SMILES string of the molecule is Cc1ccc(C(C)(C)N2CC[C@](CCc3ccc(F)s3)(CNS(=O)(=O)C(C)C)C2)cn1. The molecule has 3 rings (SSSR count). The van der Waals surface area contributed by atoms with Crippen LogP contribution in [0.25, 0.3) is 0 Å². The lowest BCUT2D eigenvalue weighted by Gasteiger charge is -2.38. The molecule has 0 radical (unpaired) electrons. The Hall–Kier alpha value is -1.35. The van der Waals surface area contributed by atoms with Crippen LogP contribution in [0.4, 0.5) is 4.39 Å². The standard InChI is InChI=1S/C23H34FN3O2S2/c1-17(2)31(28,29)26-15-23(11-10-20-8-9-21(24)30-20)12-13-27(16-23)22(4,5)19-7-6-18(3)25-14-19/h6-9,14,17,26H,10-13,15-16H2,1-5H3/t23-/m1/s1. The van der Waals surface area contributed by atoms with E-state index in [0.29, 0.717) is 6.54 Å². The Morgan fingerprint density at radius 2 is 2.03 bits per heavy atom. The molecule has 31 heavy (non-hydrogen) atoms. The van der Waals surface area contributed by atoms with E-state index < -0.39 is 15.3 Å². The first kappa shape index (κ1) is 24.3. The van der Waals surface area contributed by atoms with Gasteiger partial charge in [0.15, 0.2) is 5.13 Å². The first-order valence-electron chi connectivity index (χ1n) is 10.8. The van der Waals surface area contributed by atoms with E-state index in [1.807, 2.05) is 25.3 Å². The van der Waals surface area contributed by atoms with Gasteiger partial charge in [-0.25, -0.2) is 13.1 Å². The van der Waals surface area contributed by atoms with Crippen molar-refractivity contribution in [1.29, 1.82) is 0 Å². The molecule has 0 saturated carbocycles. The molecule has 1 saturated heterocycles. The van der Waals surface area contributed by atoms with Gasteiger partial charge >= 0.3 is 0 Å². The van der Waals surface area contributed by atoms with E-state index >= 15 is 0 Å². The van der Waals surface area contributed by atoms with Crippen LogP contribution in [0.1, 0.15) is 56.7 Å². The van der Waals surface area contributed by atoms with Crippen LogP contribution in [0.2, 0.25) is 0 Å². The minimum Gasteiger partial charge on any atom is -0.293 e. The highest BCUT2D eigenvalue weighted by Crippen LogP contribution is 2.41. The quantitative estimate of drug-likeness (QED) is 0.591. The molecule has 2 aromatic rings. The van der Waals surface area contributed by atoms with Gasteiger partial charge in [-0.2, -0.15) is 4.39 Å². The Balaban J connectivity index is 1.80. The molecule has 8 heteroatoms. The molecule has 0 bridgehead atoms. The first-order chi connectivity index (χ1) is 14.4. The summed E-state index contributed by atoms with van der Waals surface area (Å²) in [7, 11) is -3.35. The van der Waals surface area contributed by atoms with E-state index in [1.165, 1.54) is 17.4 Å². The highest BCUT2D eigenvalue weighted by Gasteiger charge is 2.44. The average Bonchev–Trinajstić information content (AvgIpc) is 3.32. The second-order valence-corrected chi connectivity index (χ2v) is 13.0. The molecule has 1 N–H and O–H groups in total. The van der Waals surface area contributed by atoms with Crippen molar-refractivity contribution in [2.75, 3.05) is 19.6 Å². The first-order valence-corrected chi connectivity index (χ1v) is 13.2. The van der Waals surface area contributed by atoms with E-state index in [1.54, 1.807) is 13.8 Å². The van der Waals surface area contributed by atoms with Gasteiger partial charge < -0.3 is 0 Å². The van der Waals surface area contributed by atoms with Crippen molar-refractivity contribution in [3.63, 3.8) is 0 Å². The second kappa shape index (κ2) is 9.25. The van der Waals surface area contributed by atoms with Gasteiger partial charge in [0.1, 0.15) is 0 Å². The Bertz CT molecular complexity index is 987. The number of hydrogen-bond acceptors (Lipinski definition) is 5. The zero-order valence-electron chi connectivity index (χ0n) is 19.1. The molecule has 0 spiro atoms. The van der Waals surface area contributed by atoms with E-state index in [2.05, 4.69) is 34.5 Å². The second-order valence-electron chi connectivity index (χ2n) is 9.54. The molecule has 1 atom stereocenters. The molecule has 5 nitrogen and oxygen atoms in total. The maximum atomic E-state index is 13.5. The number of rotatable bonds is 9. The number of aromatic nitrogens is 1. The van der Waals surface area contributed by atoms with Crippen molar-refractivity contribution < 1.29 is 12.8 Å². The smallest absolute Gasteiger partial charge is 0.213 e. The predicted octanol–water partition coefficient (Wildman–Crippen LogP) is 4.48. The highest BCUT2D eigenvalue weighted by atomic mass is 32.2. The fourth-order valence-corrected chi connectivity index (χ4v) is 5.72. The zero-order valence-corrected chi connectivity index (χ0v) is 20.7. The van der Waals surface area contributed by atoms with Gasteiger partial charge in [-0.1, -0.05) is 6.07 Å². The zero-order chi connectivity index (χ0) is 22.9. The van der Waals surface area contributed by atoms with Crippen molar-refractivity contribution in [2.24, 2.45) is 5.41 Å². The number of aryl methyl sites for hydroxylation is 2. The molecule has 3 heterocycles. The lowest BCUT2D eigenvalue weighted by Crippen LogP contribution is -2.45. The topological polar surface area (TPSA) is 62.3 Å². The third kappa shape index (κ3) is 5.72. The third-order valence-electron chi connectivity index (χ3n) is 6.65. The molecule has 172 valence electrons. The maximum absolute atomic E-state index is 13.5. The van der Waals surface area contributed by atoms with Crippen LogP contribution in [0.15, 0.2) is 30.5 Å². The monoisotopic (exact) mass is 467 g/mol. The van der Waals surface area contributed by atoms with Gasteiger partial charge in [-0.05, 0) is 89.6 Å². The molecular weight excluding hydrogens is 433 g/mol. The van der Waals surface area contributed by atoms with Crippen LogP contribution >= 0.6 is 11.3 Å². The van der Waals surface area contributed by atoms with Gasteiger partial charge in [0, 0.05) is 35.4 Å². The molecule has 0 amide bonds. The molecular formula is C23H34FN3O2S2. The summed E-state index contributed by atoms with van der Waals surface area (Å²) in [5.74, 6) is 0. The van der Waals surface area contributed by atoms with E-state index in [9.17, 15) is 12.8 Å². The van der Waals surface area contributed by atoms with E-state index in [4.69, 9.17) is 0 Å². The minimum atomic E-state index is -3.35. The molecule has 2 aromatic heterocycles. The molecule has 0 aliphatic carbocycles. The third-order valence-corrected chi connectivity index (χ3v) is 9.37. The average molecular weight is 468 g/mol. The highest BCUT2D eigenvalue weighted by molar-refractivity contribution is 7.90. The molecule has 0 unspecified atom stereocenters. The molecule has 0 aromatic carbocycles. The number of nitrogens with one attached hydrogen (secondary N) is 1. The van der Waals surface area contributed by atoms with Crippen LogP contribution in [0.3, 0.4) is 0 Å². The van der Waals surface area contributed by atoms with Crippen LogP contribution in [-0.4, -0.2) is 43.2 Å². The number of pyridine rings is 1. The summed E-state index contributed by atoms with van der Waals surface area (Å²) in [5.41, 5.74) is 1.73. The van der Waals surface area contributed by atoms with Crippen LogP contribution < -0.4 is 4.72 Å². The summed E-state index contributed by atoms with van der Waals surface area (Å²) in [6, 6.07) is 7.49. The summed E-state index contributed by atoms with van der Waals surface area (Å²) >= 11 is 1.18. The largest absolute Gasteiger partial charge is 0.293 e. The summed E-state index contributed by atoms with van der Waals surface area (Å²) in [6.45, 7) is 11.8. The summed E-state index contributed by atoms with van der Waals surface area (Å²) in [6.07, 6.45) is 4.39. The minimum absolute atomic E-state index is 0.175. The van der Waals surface area contributed by atoms with Crippen LogP contribution in [-0.2, 0) is 22.0 Å². The van der Waals surface area contributed by atoms with Crippen LogP contribution in [0.5, 0.6) is 0 Å². The molecule has 1 fully saturated rings. The Morgan fingerprint density at radius 1 is 1.29 bits per heavy atom. The molecule has 1 aliphatic heterocycles. The van der Waals surface area contributed by atoms with Gasteiger partial charge in [-0.15, -0.1) is 11.3 Å². The number of halogens is 1. The lowest BCUT2D eigenvalue weighted by molar-refractivity contribution is 0.128. The van der Waals surface area contributed by atoms with Crippen LogP contribution in [0, 0.1) is 17.5 Å². The summed E-state index contributed by atoms with van der Waals surface area (Å²) in [4.78, 5) is 7.90. The number of thiophene rings is 1. The maximum Gasteiger partial charge on any atom is 0.213 e. The van der Waals surface area contributed by atoms with Crippen molar-refractivity contribution in [3.05, 3.63) is 51.7 Å². The molecule has 1 aliphatic rings. The Kier molecular flexibility index (Phi) is 7.25.